The summed E-state index contributed by atoms with van der Waals surface area (Å²) in [5.41, 5.74) is 8.06. The van der Waals surface area contributed by atoms with Crippen molar-refractivity contribution in [2.75, 3.05) is 14.2 Å². The van der Waals surface area contributed by atoms with E-state index in [1.807, 2.05) is 36.4 Å². The molecule has 1 N–H and O–H groups in total. The Labute approximate surface area is 157 Å². The lowest BCUT2D eigenvalue weighted by Crippen LogP contribution is -2.20. The summed E-state index contributed by atoms with van der Waals surface area (Å²) in [6.07, 6.45) is 0. The zero-order valence-electron chi connectivity index (χ0n) is 15.0. The topological polar surface area (TPSA) is 59.9 Å². The summed E-state index contributed by atoms with van der Waals surface area (Å²) in [6.45, 7) is 0. The van der Waals surface area contributed by atoms with Crippen molar-refractivity contribution in [3.63, 3.8) is 0 Å². The minimum absolute atomic E-state index is 0.332. The number of hydrogen-bond acceptors (Lipinski definition) is 4. The van der Waals surface area contributed by atoms with E-state index < -0.39 is 0 Å². The zero-order valence-corrected chi connectivity index (χ0v) is 15.0. The lowest BCUT2D eigenvalue weighted by Gasteiger charge is -2.08. The summed E-state index contributed by atoms with van der Waals surface area (Å²) in [5, 5.41) is 4.43. The minimum Gasteiger partial charge on any atom is -0.497 e. The Morgan fingerprint density at radius 2 is 1.26 bits per heavy atom. The summed E-state index contributed by atoms with van der Waals surface area (Å²) in [5.74, 6) is 0.758. The van der Waals surface area contributed by atoms with Crippen LogP contribution in [0, 0.1) is 0 Å². The van der Waals surface area contributed by atoms with Gasteiger partial charge in [0.25, 0.3) is 5.91 Å². The first kappa shape index (κ1) is 16.8. The van der Waals surface area contributed by atoms with Gasteiger partial charge in [-0.25, -0.2) is 5.43 Å². The van der Waals surface area contributed by atoms with Gasteiger partial charge in [-0.3, -0.25) is 4.79 Å². The highest BCUT2D eigenvalue weighted by Gasteiger charge is 2.24. The summed E-state index contributed by atoms with van der Waals surface area (Å²) in [7, 11) is 3.09. The highest BCUT2D eigenvalue weighted by molar-refractivity contribution is 6.24. The van der Waals surface area contributed by atoms with E-state index in [2.05, 4.69) is 22.7 Å². The number of ether oxygens (including phenoxy) is 2. The maximum atomic E-state index is 12.6. The van der Waals surface area contributed by atoms with Crippen LogP contribution in [0.5, 0.6) is 11.5 Å². The molecule has 1 aliphatic rings. The van der Waals surface area contributed by atoms with E-state index in [9.17, 15) is 4.79 Å². The predicted molar refractivity (Wildman–Crippen MR) is 105 cm³/mol. The Morgan fingerprint density at radius 1 is 0.778 bits per heavy atom. The van der Waals surface area contributed by atoms with Gasteiger partial charge < -0.3 is 9.47 Å². The number of hydrazone groups is 1. The molecule has 5 heteroatoms. The SMILES string of the molecule is COc1cc(OC)cc(C(=O)NN=C2c3ccccc3-c3ccccc32)c1. The molecule has 3 aromatic rings. The maximum absolute atomic E-state index is 12.6. The average molecular weight is 358 g/mol. The molecule has 3 aromatic carbocycles. The Balaban J connectivity index is 1.68. The predicted octanol–water partition coefficient (Wildman–Crippen LogP) is 3.87. The van der Waals surface area contributed by atoms with Crippen LogP contribution >= 0.6 is 0 Å². The minimum atomic E-state index is -0.332. The molecule has 0 radical (unpaired) electrons. The van der Waals surface area contributed by atoms with Crippen molar-refractivity contribution in [1.29, 1.82) is 0 Å². The quantitative estimate of drug-likeness (QED) is 0.564. The van der Waals surface area contributed by atoms with Crippen LogP contribution in [-0.4, -0.2) is 25.8 Å². The Bertz CT molecular complexity index is 987. The van der Waals surface area contributed by atoms with Crippen molar-refractivity contribution in [2.45, 2.75) is 0 Å². The van der Waals surface area contributed by atoms with Crippen LogP contribution in [0.1, 0.15) is 21.5 Å². The monoisotopic (exact) mass is 358 g/mol. The largest absolute Gasteiger partial charge is 0.497 e. The number of hydrogen-bond donors (Lipinski definition) is 1. The van der Waals surface area contributed by atoms with Crippen molar-refractivity contribution < 1.29 is 14.3 Å². The number of carbonyl (C=O) groups excluding carboxylic acids is 1. The van der Waals surface area contributed by atoms with Crippen molar-refractivity contribution in [3.05, 3.63) is 83.4 Å². The van der Waals surface area contributed by atoms with Crippen molar-refractivity contribution in [3.8, 4) is 22.6 Å². The molecule has 0 heterocycles. The van der Waals surface area contributed by atoms with E-state index in [0.717, 1.165) is 28.0 Å². The summed E-state index contributed by atoms with van der Waals surface area (Å²) < 4.78 is 10.4. The third kappa shape index (κ3) is 3.04. The molecule has 0 unspecified atom stereocenters. The first-order valence-corrected chi connectivity index (χ1v) is 8.51. The lowest BCUT2D eigenvalue weighted by molar-refractivity contribution is 0.0954. The third-order valence-electron chi connectivity index (χ3n) is 4.54. The highest BCUT2D eigenvalue weighted by atomic mass is 16.5. The number of nitrogens with one attached hydrogen (secondary N) is 1. The summed E-state index contributed by atoms with van der Waals surface area (Å²) >= 11 is 0. The second-order valence-corrected chi connectivity index (χ2v) is 6.09. The Kier molecular flexibility index (Phi) is 4.34. The van der Waals surface area contributed by atoms with E-state index >= 15 is 0 Å². The Morgan fingerprint density at radius 3 is 1.74 bits per heavy atom. The molecule has 0 fully saturated rings. The second-order valence-electron chi connectivity index (χ2n) is 6.09. The van der Waals surface area contributed by atoms with Crippen molar-refractivity contribution >= 4 is 11.6 Å². The molecular formula is C22H18N2O3. The molecule has 27 heavy (non-hydrogen) atoms. The highest BCUT2D eigenvalue weighted by Crippen LogP contribution is 2.36. The number of nitrogens with zero attached hydrogens (tertiary/aromatic N) is 1. The van der Waals surface area contributed by atoms with E-state index in [4.69, 9.17) is 9.47 Å². The second kappa shape index (κ2) is 6.96. The maximum Gasteiger partial charge on any atom is 0.271 e. The first-order valence-electron chi connectivity index (χ1n) is 8.51. The fourth-order valence-corrected chi connectivity index (χ4v) is 3.22. The lowest BCUT2D eigenvalue weighted by atomic mass is 10.1. The van der Waals surface area contributed by atoms with E-state index in [-0.39, 0.29) is 5.91 Å². The van der Waals surface area contributed by atoms with Crippen LogP contribution in [0.4, 0.5) is 0 Å². The van der Waals surface area contributed by atoms with Gasteiger partial charge in [0.1, 0.15) is 11.5 Å². The van der Waals surface area contributed by atoms with Crippen molar-refractivity contribution in [1.82, 2.24) is 5.43 Å². The van der Waals surface area contributed by atoms with E-state index in [1.165, 1.54) is 0 Å². The van der Waals surface area contributed by atoms with Gasteiger partial charge >= 0.3 is 0 Å². The third-order valence-corrected chi connectivity index (χ3v) is 4.54. The standard InChI is InChI=1S/C22H18N2O3/c1-26-15-11-14(12-16(13-15)27-2)22(25)24-23-21-19-9-5-3-7-17(19)18-8-4-6-10-20(18)21/h3-13H,1-2H3,(H,24,25). The molecule has 5 nitrogen and oxygen atoms in total. The number of amides is 1. The summed E-state index contributed by atoms with van der Waals surface area (Å²) in [6, 6.07) is 21.1. The van der Waals surface area contributed by atoms with Gasteiger partial charge in [-0.1, -0.05) is 48.5 Å². The van der Waals surface area contributed by atoms with Gasteiger partial charge in [0.2, 0.25) is 0 Å². The molecule has 0 aliphatic heterocycles. The molecule has 0 atom stereocenters. The van der Waals surface area contributed by atoms with Crippen LogP contribution < -0.4 is 14.9 Å². The number of carbonyl (C=O) groups is 1. The average Bonchev–Trinajstić information content (AvgIpc) is 3.05. The fraction of sp³-hybridized carbons (Fsp3) is 0.0909. The van der Waals surface area contributed by atoms with Gasteiger partial charge in [-0.15, -0.1) is 0 Å². The number of methoxy groups -OCH3 is 2. The summed E-state index contributed by atoms with van der Waals surface area (Å²) in [4.78, 5) is 12.6. The van der Waals surface area contributed by atoms with E-state index in [0.29, 0.717) is 17.1 Å². The zero-order chi connectivity index (χ0) is 18.8. The molecule has 1 amide bonds. The Hall–Kier alpha value is -3.60. The normalized spacial score (nSPS) is 11.4. The van der Waals surface area contributed by atoms with Gasteiger partial charge in [0.05, 0.1) is 19.9 Å². The molecule has 0 bridgehead atoms. The molecule has 0 aromatic heterocycles. The van der Waals surface area contributed by atoms with Gasteiger partial charge in [0, 0.05) is 22.8 Å². The van der Waals surface area contributed by atoms with Crippen LogP contribution in [0.3, 0.4) is 0 Å². The van der Waals surface area contributed by atoms with Crippen LogP contribution in [0.25, 0.3) is 11.1 Å². The van der Waals surface area contributed by atoms with Crippen LogP contribution in [0.2, 0.25) is 0 Å². The molecule has 4 rings (SSSR count). The number of benzene rings is 3. The fourth-order valence-electron chi connectivity index (χ4n) is 3.22. The van der Waals surface area contributed by atoms with Crippen molar-refractivity contribution in [2.24, 2.45) is 5.10 Å². The number of fused-ring (bicyclic) bond motifs is 3. The van der Waals surface area contributed by atoms with E-state index in [1.54, 1.807) is 32.4 Å². The molecule has 1 aliphatic carbocycles. The smallest absolute Gasteiger partial charge is 0.271 e. The molecule has 0 saturated carbocycles. The first-order chi connectivity index (χ1) is 13.2. The molecule has 134 valence electrons. The molecule has 0 saturated heterocycles. The number of rotatable bonds is 4. The van der Waals surface area contributed by atoms with Gasteiger partial charge in [0.15, 0.2) is 0 Å². The molecular weight excluding hydrogens is 340 g/mol. The molecule has 0 spiro atoms. The van der Waals surface area contributed by atoms with Gasteiger partial charge in [-0.05, 0) is 23.3 Å². The van der Waals surface area contributed by atoms with Gasteiger partial charge in [-0.2, -0.15) is 5.10 Å². The van der Waals surface area contributed by atoms with Crippen LogP contribution in [-0.2, 0) is 0 Å². The van der Waals surface area contributed by atoms with Crippen LogP contribution in [0.15, 0.2) is 71.8 Å².